The van der Waals surface area contributed by atoms with Crippen molar-refractivity contribution in [2.75, 3.05) is 6.61 Å². The highest BCUT2D eigenvalue weighted by Gasteiger charge is 2.20. The molecule has 5 nitrogen and oxygen atoms in total. The summed E-state index contributed by atoms with van der Waals surface area (Å²) in [4.78, 5) is 12.5. The fraction of sp³-hybridized carbons (Fsp3) is 0.800. The van der Waals surface area contributed by atoms with Crippen LogP contribution in [0.3, 0.4) is 0 Å². The molecule has 0 aliphatic heterocycles. The van der Waals surface area contributed by atoms with E-state index in [4.69, 9.17) is 0 Å². The third-order valence-electron chi connectivity index (χ3n) is 11.8. The van der Waals surface area contributed by atoms with Gasteiger partial charge in [0.25, 0.3) is 0 Å². The summed E-state index contributed by atoms with van der Waals surface area (Å²) in [6.07, 6.45) is 66.7. The molecule has 3 atom stereocenters. The minimum atomic E-state index is -0.965. The normalized spacial score (nSPS) is 13.9. The van der Waals surface area contributed by atoms with Crippen LogP contribution in [-0.2, 0) is 4.79 Å². The Labute approximate surface area is 373 Å². The van der Waals surface area contributed by atoms with E-state index in [2.05, 4.69) is 67.8 Å². The summed E-state index contributed by atoms with van der Waals surface area (Å²) in [5.41, 5.74) is 0. The third kappa shape index (κ3) is 45.6. The zero-order chi connectivity index (χ0) is 43.7. The van der Waals surface area contributed by atoms with Crippen LogP contribution in [0.4, 0.5) is 0 Å². The van der Waals surface area contributed by atoms with Crippen LogP contribution in [0.25, 0.3) is 0 Å². The van der Waals surface area contributed by atoms with Crippen molar-refractivity contribution in [3.05, 3.63) is 60.8 Å². The predicted octanol–water partition coefficient (Wildman–Crippen LogP) is 15.8. The Hall–Kier alpha value is -1.95. The largest absolute Gasteiger partial charge is 0.394 e. The highest BCUT2D eigenvalue weighted by molar-refractivity contribution is 5.76. The lowest BCUT2D eigenvalue weighted by Gasteiger charge is -2.21. The van der Waals surface area contributed by atoms with Crippen LogP contribution >= 0.6 is 0 Å². The first-order valence-electron chi connectivity index (χ1n) is 26.1. The van der Waals surface area contributed by atoms with Crippen molar-refractivity contribution >= 4 is 5.91 Å². The number of carbonyl (C=O) groups is 1. The summed E-state index contributed by atoms with van der Waals surface area (Å²) in [7, 11) is 0. The lowest BCUT2D eigenvalue weighted by atomic mass is 10.0. The van der Waals surface area contributed by atoms with Crippen molar-refractivity contribution < 1.29 is 20.1 Å². The summed E-state index contributed by atoms with van der Waals surface area (Å²) in [5.74, 6) is -0.334. The molecule has 0 spiro atoms. The van der Waals surface area contributed by atoms with Gasteiger partial charge in [-0.15, -0.1) is 0 Å². The maximum Gasteiger partial charge on any atom is 0.222 e. The number of aliphatic hydroxyl groups is 3. The Bertz CT molecular complexity index is 1020. The van der Waals surface area contributed by atoms with E-state index in [1.54, 1.807) is 6.08 Å². The SMILES string of the molecule is CCCCCCCCCCC/C=C\C/C=C\CCCCCCCCCC(O)CC(=O)NC(CO)C(O)/C=C/CC/C=C/CC/C=C/CCCCCCCCCCCCCC. The number of rotatable bonds is 47. The van der Waals surface area contributed by atoms with E-state index in [9.17, 15) is 20.1 Å². The first-order valence-corrected chi connectivity index (χ1v) is 26.1. The van der Waals surface area contributed by atoms with Gasteiger partial charge >= 0.3 is 0 Å². The van der Waals surface area contributed by atoms with E-state index in [0.29, 0.717) is 6.42 Å². The molecule has 5 heteroatoms. The van der Waals surface area contributed by atoms with Gasteiger partial charge in [0.1, 0.15) is 0 Å². The first kappa shape index (κ1) is 58.0. The minimum Gasteiger partial charge on any atom is -0.394 e. The van der Waals surface area contributed by atoms with Crippen molar-refractivity contribution in [1.29, 1.82) is 0 Å². The van der Waals surface area contributed by atoms with E-state index in [-0.39, 0.29) is 18.9 Å². The van der Waals surface area contributed by atoms with E-state index in [1.165, 1.54) is 180 Å². The molecule has 0 rings (SSSR count). The van der Waals surface area contributed by atoms with Gasteiger partial charge in [-0.25, -0.2) is 0 Å². The van der Waals surface area contributed by atoms with Crippen molar-refractivity contribution in [2.24, 2.45) is 0 Å². The molecular formula is C55H101NO4. The summed E-state index contributed by atoms with van der Waals surface area (Å²) in [5, 5.41) is 33.4. The number of aliphatic hydroxyl groups excluding tert-OH is 3. The molecule has 0 aromatic carbocycles. The quantitative estimate of drug-likeness (QED) is 0.0363. The van der Waals surface area contributed by atoms with Crippen molar-refractivity contribution in [2.45, 2.75) is 276 Å². The number of amides is 1. The molecule has 3 unspecified atom stereocenters. The Morgan fingerprint density at radius 2 is 0.767 bits per heavy atom. The van der Waals surface area contributed by atoms with Crippen LogP contribution in [0, 0.1) is 0 Å². The fourth-order valence-electron chi connectivity index (χ4n) is 7.76. The number of unbranched alkanes of at least 4 members (excludes halogenated alkanes) is 30. The van der Waals surface area contributed by atoms with Gasteiger partial charge in [0.15, 0.2) is 0 Å². The van der Waals surface area contributed by atoms with Crippen LogP contribution in [0.15, 0.2) is 60.8 Å². The molecule has 1 amide bonds. The number of allylic oxidation sites excluding steroid dienone is 9. The molecule has 0 aromatic heterocycles. The zero-order valence-corrected chi connectivity index (χ0v) is 39.8. The molecule has 0 radical (unpaired) electrons. The zero-order valence-electron chi connectivity index (χ0n) is 39.8. The summed E-state index contributed by atoms with van der Waals surface area (Å²) in [6.45, 7) is 4.21. The second-order valence-electron chi connectivity index (χ2n) is 17.8. The molecule has 0 aromatic rings. The van der Waals surface area contributed by atoms with Crippen molar-refractivity contribution in [3.8, 4) is 0 Å². The van der Waals surface area contributed by atoms with Crippen molar-refractivity contribution in [3.63, 3.8) is 0 Å². The average molecular weight is 840 g/mol. The van der Waals surface area contributed by atoms with Gasteiger partial charge < -0.3 is 20.6 Å². The number of nitrogens with one attached hydrogen (secondary N) is 1. The van der Waals surface area contributed by atoms with Gasteiger partial charge in [-0.2, -0.15) is 0 Å². The third-order valence-corrected chi connectivity index (χ3v) is 11.8. The second kappa shape index (κ2) is 49.7. The maximum absolute atomic E-state index is 12.5. The molecule has 0 aliphatic rings. The molecule has 0 fully saturated rings. The Kier molecular flexibility index (Phi) is 48.1. The maximum atomic E-state index is 12.5. The predicted molar refractivity (Wildman–Crippen MR) is 264 cm³/mol. The monoisotopic (exact) mass is 840 g/mol. The number of hydrogen-bond acceptors (Lipinski definition) is 4. The second-order valence-corrected chi connectivity index (χ2v) is 17.8. The molecule has 350 valence electrons. The molecule has 0 saturated carbocycles. The summed E-state index contributed by atoms with van der Waals surface area (Å²) >= 11 is 0. The van der Waals surface area contributed by atoms with Crippen LogP contribution in [0.2, 0.25) is 0 Å². The van der Waals surface area contributed by atoms with Gasteiger partial charge in [0.2, 0.25) is 5.91 Å². The standard InChI is InChI=1S/C55H101NO4/c1-3-5-7-9-11-13-15-17-19-21-23-25-27-28-30-32-34-36-38-40-42-44-46-48-52(58)50-55(60)56-53(51-57)54(59)49-47-45-43-41-39-37-35-33-31-29-26-24-22-20-18-16-14-12-10-8-6-4-2/h23,25,28,30-31,33,39,41,47,49,52-54,57-59H,3-22,24,26-27,29,32,34-38,40,42-46,48,50-51H2,1-2H3,(H,56,60)/b25-23-,30-28-,33-31+,41-39+,49-47+. The molecule has 0 bridgehead atoms. The van der Waals surface area contributed by atoms with Crippen molar-refractivity contribution in [1.82, 2.24) is 5.32 Å². The minimum absolute atomic E-state index is 0.00502. The van der Waals surface area contributed by atoms with E-state index < -0.39 is 18.2 Å². The number of carbonyl (C=O) groups excluding carboxylic acids is 1. The van der Waals surface area contributed by atoms with Crippen LogP contribution < -0.4 is 5.32 Å². The van der Waals surface area contributed by atoms with Gasteiger partial charge in [-0.1, -0.05) is 235 Å². The fourth-order valence-corrected chi connectivity index (χ4v) is 7.76. The number of hydrogen-bond donors (Lipinski definition) is 4. The van der Waals surface area contributed by atoms with E-state index >= 15 is 0 Å². The van der Waals surface area contributed by atoms with Gasteiger partial charge in [0, 0.05) is 0 Å². The van der Waals surface area contributed by atoms with Crippen LogP contribution in [0.1, 0.15) is 258 Å². The smallest absolute Gasteiger partial charge is 0.222 e. The van der Waals surface area contributed by atoms with Gasteiger partial charge in [0.05, 0.1) is 31.3 Å². The molecule has 60 heavy (non-hydrogen) atoms. The van der Waals surface area contributed by atoms with Gasteiger partial charge in [-0.05, 0) is 77.0 Å². The molecule has 0 aliphatic carbocycles. The Morgan fingerprint density at radius 3 is 1.17 bits per heavy atom. The van der Waals surface area contributed by atoms with Crippen LogP contribution in [-0.4, -0.2) is 46.1 Å². The molecule has 0 heterocycles. The molecular weight excluding hydrogens is 739 g/mol. The van der Waals surface area contributed by atoms with E-state index in [0.717, 1.165) is 51.4 Å². The highest BCUT2D eigenvalue weighted by atomic mass is 16.3. The molecule has 0 saturated heterocycles. The van der Waals surface area contributed by atoms with Gasteiger partial charge in [-0.3, -0.25) is 4.79 Å². The van der Waals surface area contributed by atoms with Crippen LogP contribution in [0.5, 0.6) is 0 Å². The first-order chi connectivity index (χ1) is 29.5. The Morgan fingerprint density at radius 1 is 0.433 bits per heavy atom. The average Bonchev–Trinajstić information content (AvgIpc) is 3.24. The van der Waals surface area contributed by atoms with E-state index in [1.807, 2.05) is 6.08 Å². The lowest BCUT2D eigenvalue weighted by Crippen LogP contribution is -2.45. The Balaban J connectivity index is 3.70. The topological polar surface area (TPSA) is 89.8 Å². The highest BCUT2D eigenvalue weighted by Crippen LogP contribution is 2.15. The molecule has 4 N–H and O–H groups in total. The summed E-state index contributed by atoms with van der Waals surface area (Å²) in [6, 6.07) is -0.773. The lowest BCUT2D eigenvalue weighted by molar-refractivity contribution is -0.124. The summed E-state index contributed by atoms with van der Waals surface area (Å²) < 4.78 is 0.